The Morgan fingerprint density at radius 3 is 2.50 bits per heavy atom. The molecule has 2 aromatic carbocycles. The lowest BCUT2D eigenvalue weighted by atomic mass is 9.99. The smallest absolute Gasteiger partial charge is 0.325 e. The number of hydrogen-bond acceptors (Lipinski definition) is 6. The van der Waals surface area contributed by atoms with Gasteiger partial charge in [0.2, 0.25) is 0 Å². The highest BCUT2D eigenvalue weighted by Crippen LogP contribution is 2.31. The van der Waals surface area contributed by atoms with E-state index < -0.39 is 6.10 Å². The van der Waals surface area contributed by atoms with Gasteiger partial charge in [0.05, 0.1) is 11.6 Å². The molecule has 9 heteroatoms. The largest absolute Gasteiger partial charge is 0.393 e. The number of rotatable bonds is 9. The molecule has 5 rings (SSSR count). The number of aliphatic hydroxyl groups is 1. The van der Waals surface area contributed by atoms with Crippen LogP contribution in [0.1, 0.15) is 49.0 Å². The van der Waals surface area contributed by atoms with Crippen molar-refractivity contribution in [3.05, 3.63) is 84.2 Å². The molecule has 3 N–H and O–H groups in total. The summed E-state index contributed by atoms with van der Waals surface area (Å²) in [5.41, 5.74) is 4.32. The van der Waals surface area contributed by atoms with Crippen LogP contribution < -0.4 is 15.5 Å². The highest BCUT2D eigenvalue weighted by Gasteiger charge is 2.17. The van der Waals surface area contributed by atoms with Crippen molar-refractivity contribution >= 4 is 40.0 Å². The Hall–Kier alpha value is -4.21. The van der Waals surface area contributed by atoms with E-state index in [0.29, 0.717) is 24.3 Å². The van der Waals surface area contributed by atoms with Crippen LogP contribution in [0.4, 0.5) is 22.0 Å². The zero-order valence-electron chi connectivity index (χ0n) is 24.6. The molecule has 4 aromatic rings. The van der Waals surface area contributed by atoms with E-state index in [2.05, 4.69) is 32.3 Å². The Morgan fingerprint density at radius 2 is 1.79 bits per heavy atom. The van der Waals surface area contributed by atoms with Gasteiger partial charge in [0.25, 0.3) is 5.91 Å². The van der Waals surface area contributed by atoms with Crippen molar-refractivity contribution in [1.82, 2.24) is 19.8 Å². The Labute approximate surface area is 247 Å². The third-order valence-corrected chi connectivity index (χ3v) is 7.98. The van der Waals surface area contributed by atoms with Gasteiger partial charge < -0.3 is 20.6 Å². The number of aliphatic hydroxyl groups excluding tert-OH is 1. The summed E-state index contributed by atoms with van der Waals surface area (Å²) in [6.07, 6.45) is 5.96. The molecule has 1 saturated heterocycles. The molecule has 2 amide bonds. The summed E-state index contributed by atoms with van der Waals surface area (Å²) >= 11 is 0. The Balaban J connectivity index is 1.31. The lowest BCUT2D eigenvalue weighted by Crippen LogP contribution is -2.32. The molecule has 0 aliphatic carbocycles. The van der Waals surface area contributed by atoms with Crippen LogP contribution >= 0.6 is 0 Å². The number of pyridine rings is 1. The van der Waals surface area contributed by atoms with Gasteiger partial charge >= 0.3 is 6.03 Å². The van der Waals surface area contributed by atoms with Gasteiger partial charge in [-0.1, -0.05) is 19.1 Å². The van der Waals surface area contributed by atoms with Gasteiger partial charge in [0, 0.05) is 60.9 Å². The van der Waals surface area contributed by atoms with Crippen LogP contribution in [0.25, 0.3) is 10.9 Å². The Morgan fingerprint density at radius 1 is 1.05 bits per heavy atom. The molecular weight excluding hydrogens is 528 g/mol. The van der Waals surface area contributed by atoms with E-state index in [9.17, 15) is 14.7 Å². The van der Waals surface area contributed by atoms with Gasteiger partial charge in [-0.3, -0.25) is 14.3 Å². The second-order valence-electron chi connectivity index (χ2n) is 11.3. The number of hydrogen-bond donors (Lipinski definition) is 3. The summed E-state index contributed by atoms with van der Waals surface area (Å²) in [4.78, 5) is 34.3. The van der Waals surface area contributed by atoms with Crippen LogP contribution in [-0.2, 0) is 6.54 Å². The molecule has 2 aromatic heterocycles. The average Bonchev–Trinajstić information content (AvgIpc) is 3.42. The van der Waals surface area contributed by atoms with E-state index in [1.807, 2.05) is 60.7 Å². The molecular formula is C33H40N6O3. The molecule has 0 spiro atoms. The van der Waals surface area contributed by atoms with Gasteiger partial charge in [-0.2, -0.15) is 0 Å². The van der Waals surface area contributed by atoms with Gasteiger partial charge in [-0.15, -0.1) is 0 Å². The summed E-state index contributed by atoms with van der Waals surface area (Å²) in [7, 11) is 1.60. The van der Waals surface area contributed by atoms with Gasteiger partial charge in [0.15, 0.2) is 0 Å². The fourth-order valence-electron chi connectivity index (χ4n) is 5.40. The maximum atomic E-state index is 13.1. The van der Waals surface area contributed by atoms with Crippen molar-refractivity contribution in [2.75, 3.05) is 36.9 Å². The van der Waals surface area contributed by atoms with Crippen LogP contribution in [0.2, 0.25) is 0 Å². The number of anilines is 3. The summed E-state index contributed by atoms with van der Waals surface area (Å²) < 4.78 is 1.57. The van der Waals surface area contributed by atoms with E-state index in [0.717, 1.165) is 47.8 Å². The molecule has 9 nitrogen and oxygen atoms in total. The number of fused-ring (bicyclic) bond motifs is 1. The third kappa shape index (κ3) is 6.98. The second-order valence-corrected chi connectivity index (χ2v) is 11.3. The number of benzene rings is 2. The third-order valence-electron chi connectivity index (χ3n) is 7.98. The van der Waals surface area contributed by atoms with E-state index in [-0.39, 0.29) is 11.9 Å². The molecule has 42 heavy (non-hydrogen) atoms. The molecule has 0 radical (unpaired) electrons. The van der Waals surface area contributed by atoms with Crippen molar-refractivity contribution in [3.63, 3.8) is 0 Å². The van der Waals surface area contributed by atoms with Crippen molar-refractivity contribution < 1.29 is 14.7 Å². The minimum atomic E-state index is -0.479. The number of carbonyl (C=O) groups excluding carboxylic acids is 2. The maximum Gasteiger partial charge on any atom is 0.325 e. The predicted molar refractivity (Wildman–Crippen MR) is 167 cm³/mol. The van der Waals surface area contributed by atoms with Crippen LogP contribution in [-0.4, -0.2) is 64.3 Å². The molecule has 220 valence electrons. The Bertz CT molecular complexity index is 1520. The standard InChI is InChI=1S/C33H40N6O3/c1-23-11-16-37(17-12-23)22-25-4-6-26(7-5-25)32(41)36-31-21-29(10-15-35-31)38(18-13-24(2)40)28-8-9-30-27(20-28)14-19-39(30)33(42)34-3/h4-10,14-15,19-21,23-24,40H,11-13,16-18,22H2,1-3H3,(H,34,42)(H,35,36,41)/t24-/m0/s1. The maximum absolute atomic E-state index is 13.1. The molecule has 1 aliphatic heterocycles. The highest BCUT2D eigenvalue weighted by molar-refractivity contribution is 6.04. The summed E-state index contributed by atoms with van der Waals surface area (Å²) in [6, 6.07) is 19.1. The molecule has 0 unspecified atom stereocenters. The van der Waals surface area contributed by atoms with Crippen LogP contribution in [0.15, 0.2) is 73.1 Å². The summed E-state index contributed by atoms with van der Waals surface area (Å²) in [5.74, 6) is 1.03. The van der Waals surface area contributed by atoms with Gasteiger partial charge in [-0.05, 0) is 93.2 Å². The van der Waals surface area contributed by atoms with Crippen molar-refractivity contribution in [2.24, 2.45) is 5.92 Å². The number of nitrogens with one attached hydrogen (secondary N) is 2. The van der Waals surface area contributed by atoms with Crippen LogP contribution in [0.5, 0.6) is 0 Å². The monoisotopic (exact) mass is 568 g/mol. The SMILES string of the molecule is CNC(=O)n1ccc2cc(N(CC[C@H](C)O)c3ccnc(NC(=O)c4ccc(CN5CCC(C)CC5)cc4)c3)ccc21. The first-order chi connectivity index (χ1) is 20.3. The quantitative estimate of drug-likeness (QED) is 0.242. The van der Waals surface area contributed by atoms with Gasteiger partial charge in [-0.25, -0.2) is 9.78 Å². The molecule has 0 bridgehead atoms. The molecule has 0 saturated carbocycles. The van der Waals surface area contributed by atoms with Crippen molar-refractivity contribution in [1.29, 1.82) is 0 Å². The first-order valence-electron chi connectivity index (χ1n) is 14.7. The fourth-order valence-corrected chi connectivity index (χ4v) is 5.40. The number of piperidine rings is 1. The zero-order chi connectivity index (χ0) is 29.6. The van der Waals surface area contributed by atoms with Crippen LogP contribution in [0, 0.1) is 5.92 Å². The first kappa shape index (κ1) is 29.3. The second kappa shape index (κ2) is 13.2. The average molecular weight is 569 g/mol. The predicted octanol–water partition coefficient (Wildman–Crippen LogP) is 5.62. The first-order valence-corrected chi connectivity index (χ1v) is 14.7. The molecule has 1 fully saturated rings. The summed E-state index contributed by atoms with van der Waals surface area (Å²) in [6.45, 7) is 7.78. The van der Waals surface area contributed by atoms with Gasteiger partial charge in [0.1, 0.15) is 5.82 Å². The van der Waals surface area contributed by atoms with Crippen LogP contribution in [0.3, 0.4) is 0 Å². The topological polar surface area (TPSA) is 103 Å². The van der Waals surface area contributed by atoms with E-state index in [1.165, 1.54) is 18.4 Å². The number of likely N-dealkylation sites (tertiary alicyclic amines) is 1. The Kier molecular flexibility index (Phi) is 9.19. The fraction of sp³-hybridized carbons (Fsp3) is 0.364. The van der Waals surface area contributed by atoms with Crippen molar-refractivity contribution in [3.8, 4) is 0 Å². The highest BCUT2D eigenvalue weighted by atomic mass is 16.3. The number of nitrogens with zero attached hydrogens (tertiary/aromatic N) is 4. The molecule has 1 atom stereocenters. The lowest BCUT2D eigenvalue weighted by molar-refractivity contribution is 0.102. The van der Waals surface area contributed by atoms with E-state index in [1.54, 1.807) is 30.9 Å². The number of aromatic nitrogens is 2. The molecule has 1 aliphatic rings. The van der Waals surface area contributed by atoms with Crippen molar-refractivity contribution in [2.45, 2.75) is 45.8 Å². The summed E-state index contributed by atoms with van der Waals surface area (Å²) in [5, 5.41) is 16.5. The zero-order valence-corrected chi connectivity index (χ0v) is 24.6. The van der Waals surface area contributed by atoms with E-state index in [4.69, 9.17) is 0 Å². The number of amides is 2. The lowest BCUT2D eigenvalue weighted by Gasteiger charge is -2.30. The molecule has 3 heterocycles. The number of carbonyl (C=O) groups is 2. The minimum absolute atomic E-state index is 0.204. The van der Waals surface area contributed by atoms with E-state index >= 15 is 0 Å². The normalized spacial score (nSPS) is 15.0. The minimum Gasteiger partial charge on any atom is -0.393 e.